The summed E-state index contributed by atoms with van der Waals surface area (Å²) in [4.78, 5) is 30.7. The predicted molar refractivity (Wildman–Crippen MR) is 129 cm³/mol. The number of carbonyl (C=O) groups is 2. The summed E-state index contributed by atoms with van der Waals surface area (Å²) in [7, 11) is 0. The zero-order valence-corrected chi connectivity index (χ0v) is 20.7. The van der Waals surface area contributed by atoms with E-state index in [2.05, 4.69) is 11.4 Å². The van der Waals surface area contributed by atoms with Gasteiger partial charge in [0.15, 0.2) is 6.17 Å². The number of hydrogen-bond acceptors (Lipinski definition) is 3. The van der Waals surface area contributed by atoms with Crippen LogP contribution in [0.1, 0.15) is 110 Å². The molecule has 0 spiro atoms. The Morgan fingerprint density at radius 2 is 1.73 bits per heavy atom. The highest BCUT2D eigenvalue weighted by Gasteiger charge is 2.57. The SMILES string of the molecule is CC1(C)C(N(O)C(=O)NC2CCCCC2)N(C2CCCCC2)C(=O)N1CCC1=CCCCC1. The number of nitrogens with one attached hydrogen (secondary N) is 1. The molecule has 1 saturated heterocycles. The Bertz CT molecular complexity index is 725. The van der Waals surface area contributed by atoms with Crippen LogP contribution in [0, 0.1) is 0 Å². The van der Waals surface area contributed by atoms with Crippen molar-refractivity contribution < 1.29 is 14.8 Å². The van der Waals surface area contributed by atoms with E-state index in [0.717, 1.165) is 75.7 Å². The highest BCUT2D eigenvalue weighted by atomic mass is 16.5. The molecule has 0 bridgehead atoms. The van der Waals surface area contributed by atoms with Crippen LogP contribution in [-0.4, -0.2) is 62.5 Å². The summed E-state index contributed by atoms with van der Waals surface area (Å²) >= 11 is 0. The van der Waals surface area contributed by atoms with Crippen molar-refractivity contribution in [1.82, 2.24) is 20.2 Å². The fraction of sp³-hybridized carbons (Fsp3) is 0.846. The first-order valence-corrected chi connectivity index (χ1v) is 13.5. The van der Waals surface area contributed by atoms with Crippen molar-refractivity contribution in [3.05, 3.63) is 11.6 Å². The van der Waals surface area contributed by atoms with E-state index in [-0.39, 0.29) is 18.1 Å². The van der Waals surface area contributed by atoms with Gasteiger partial charge in [-0.1, -0.05) is 50.2 Å². The third-order valence-electron chi connectivity index (χ3n) is 8.42. The van der Waals surface area contributed by atoms with Gasteiger partial charge in [-0.15, -0.1) is 0 Å². The van der Waals surface area contributed by atoms with Gasteiger partial charge < -0.3 is 10.2 Å². The first-order valence-electron chi connectivity index (χ1n) is 13.5. The van der Waals surface area contributed by atoms with Crippen molar-refractivity contribution in [1.29, 1.82) is 0 Å². The van der Waals surface area contributed by atoms with Crippen LogP contribution in [0.15, 0.2) is 11.6 Å². The van der Waals surface area contributed by atoms with Gasteiger partial charge in [0.2, 0.25) is 0 Å². The second-order valence-corrected chi connectivity index (χ2v) is 11.1. The van der Waals surface area contributed by atoms with E-state index in [1.807, 2.05) is 23.6 Å². The molecular weight excluding hydrogens is 416 g/mol. The van der Waals surface area contributed by atoms with Crippen LogP contribution in [0.3, 0.4) is 0 Å². The lowest BCUT2D eigenvalue weighted by Gasteiger charge is -2.42. The van der Waals surface area contributed by atoms with Crippen molar-refractivity contribution in [2.45, 2.75) is 134 Å². The lowest BCUT2D eigenvalue weighted by atomic mass is 9.92. The van der Waals surface area contributed by atoms with Gasteiger partial charge in [0.05, 0.1) is 5.54 Å². The van der Waals surface area contributed by atoms with Crippen molar-refractivity contribution in [3.63, 3.8) is 0 Å². The number of allylic oxidation sites excluding steroid dienone is 1. The second-order valence-electron chi connectivity index (χ2n) is 11.1. The summed E-state index contributed by atoms with van der Waals surface area (Å²) in [5.41, 5.74) is 0.760. The maximum Gasteiger partial charge on any atom is 0.343 e. The molecule has 1 unspecified atom stereocenters. The van der Waals surface area contributed by atoms with Crippen molar-refractivity contribution in [2.24, 2.45) is 0 Å². The average molecular weight is 461 g/mol. The molecule has 1 aliphatic heterocycles. The molecule has 4 rings (SSSR count). The van der Waals surface area contributed by atoms with Crippen LogP contribution in [0.2, 0.25) is 0 Å². The third kappa shape index (κ3) is 5.33. The molecule has 2 N–H and O–H groups in total. The molecule has 186 valence electrons. The van der Waals surface area contributed by atoms with Crippen LogP contribution in [0.4, 0.5) is 9.59 Å². The number of rotatable bonds is 6. The molecule has 3 fully saturated rings. The number of amides is 4. The van der Waals surface area contributed by atoms with Crippen molar-refractivity contribution >= 4 is 12.1 Å². The Balaban J connectivity index is 1.53. The summed E-state index contributed by atoms with van der Waals surface area (Å²) in [5.74, 6) is 0. The number of hydrogen-bond donors (Lipinski definition) is 2. The summed E-state index contributed by atoms with van der Waals surface area (Å²) in [6.45, 7) is 4.64. The quantitative estimate of drug-likeness (QED) is 0.299. The molecule has 4 amide bonds. The Labute approximate surface area is 199 Å². The molecule has 0 aromatic heterocycles. The lowest BCUT2D eigenvalue weighted by molar-refractivity contribution is -0.141. The van der Waals surface area contributed by atoms with E-state index in [9.17, 15) is 14.8 Å². The van der Waals surface area contributed by atoms with Gasteiger partial charge in [-0.3, -0.25) is 10.1 Å². The normalized spacial score (nSPS) is 26.9. The van der Waals surface area contributed by atoms with Gasteiger partial charge >= 0.3 is 12.1 Å². The van der Waals surface area contributed by atoms with Crippen LogP contribution in [0.25, 0.3) is 0 Å². The van der Waals surface area contributed by atoms with Crippen LogP contribution in [0.5, 0.6) is 0 Å². The Morgan fingerprint density at radius 1 is 1.06 bits per heavy atom. The third-order valence-corrected chi connectivity index (χ3v) is 8.42. The van der Waals surface area contributed by atoms with Gasteiger partial charge in [0.1, 0.15) is 0 Å². The Morgan fingerprint density at radius 3 is 2.36 bits per heavy atom. The minimum absolute atomic E-state index is 0.0298. The second kappa shape index (κ2) is 10.7. The number of nitrogens with zero attached hydrogens (tertiary/aromatic N) is 3. The van der Waals surface area contributed by atoms with Crippen molar-refractivity contribution in [3.8, 4) is 0 Å². The van der Waals surface area contributed by atoms with Crippen LogP contribution < -0.4 is 5.32 Å². The monoisotopic (exact) mass is 460 g/mol. The molecule has 33 heavy (non-hydrogen) atoms. The molecule has 2 saturated carbocycles. The summed E-state index contributed by atoms with van der Waals surface area (Å²) in [5, 5.41) is 15.1. The number of urea groups is 2. The summed E-state index contributed by atoms with van der Waals surface area (Å²) < 4.78 is 0. The van der Waals surface area contributed by atoms with Crippen LogP contribution in [-0.2, 0) is 0 Å². The minimum atomic E-state index is -0.683. The van der Waals surface area contributed by atoms with Gasteiger partial charge in [-0.05, 0) is 71.6 Å². The largest absolute Gasteiger partial charge is 0.343 e. The molecular formula is C26H44N4O3. The molecule has 0 radical (unpaired) electrons. The maximum atomic E-state index is 13.8. The Hall–Kier alpha value is -1.76. The standard InChI is InChI=1S/C26H44N4O3/c1-26(2)23(30(33)24(31)27-21-14-8-4-9-15-21)29(22-16-10-5-11-17-22)25(32)28(26)19-18-20-12-6-3-7-13-20/h12,21-23,33H,3-11,13-19H2,1-2H3,(H,27,31). The molecule has 0 aromatic carbocycles. The van der Waals surface area contributed by atoms with Gasteiger partial charge in [-0.25, -0.2) is 9.59 Å². The smallest absolute Gasteiger partial charge is 0.333 e. The molecule has 7 nitrogen and oxygen atoms in total. The minimum Gasteiger partial charge on any atom is -0.333 e. The van der Waals surface area contributed by atoms with E-state index >= 15 is 0 Å². The van der Waals surface area contributed by atoms with E-state index in [4.69, 9.17) is 0 Å². The maximum absolute atomic E-state index is 13.8. The first kappa shape index (κ1) is 24.4. The fourth-order valence-corrected chi connectivity index (χ4v) is 6.47. The summed E-state index contributed by atoms with van der Waals surface area (Å²) in [6, 6.07) is -0.312. The Kier molecular flexibility index (Phi) is 7.87. The van der Waals surface area contributed by atoms with Gasteiger partial charge in [-0.2, -0.15) is 5.06 Å². The van der Waals surface area contributed by atoms with E-state index < -0.39 is 17.7 Å². The first-order chi connectivity index (χ1) is 15.9. The fourth-order valence-electron chi connectivity index (χ4n) is 6.47. The topological polar surface area (TPSA) is 76.1 Å². The van der Waals surface area contributed by atoms with E-state index in [1.165, 1.54) is 31.3 Å². The zero-order chi connectivity index (χ0) is 23.4. The summed E-state index contributed by atoms with van der Waals surface area (Å²) in [6.07, 6.45) is 17.9. The molecule has 0 aromatic rings. The average Bonchev–Trinajstić information content (AvgIpc) is 3.03. The molecule has 1 heterocycles. The molecule has 4 aliphatic rings. The van der Waals surface area contributed by atoms with Gasteiger partial charge in [0.25, 0.3) is 0 Å². The van der Waals surface area contributed by atoms with E-state index in [0.29, 0.717) is 6.54 Å². The highest BCUT2D eigenvalue weighted by Crippen LogP contribution is 2.39. The number of carbonyl (C=O) groups excluding carboxylic acids is 2. The number of hydroxylamine groups is 2. The zero-order valence-electron chi connectivity index (χ0n) is 20.7. The highest BCUT2D eigenvalue weighted by molar-refractivity contribution is 5.81. The molecule has 3 aliphatic carbocycles. The van der Waals surface area contributed by atoms with Crippen molar-refractivity contribution in [2.75, 3.05) is 6.54 Å². The van der Waals surface area contributed by atoms with Crippen LogP contribution >= 0.6 is 0 Å². The van der Waals surface area contributed by atoms with Gasteiger partial charge in [0, 0.05) is 18.6 Å². The molecule has 7 heteroatoms. The lowest BCUT2D eigenvalue weighted by Crippen LogP contribution is -2.61. The molecule has 1 atom stereocenters. The predicted octanol–water partition coefficient (Wildman–Crippen LogP) is 5.79. The van der Waals surface area contributed by atoms with E-state index in [1.54, 1.807) is 0 Å².